The molecule has 1 atom stereocenters. The van der Waals surface area contributed by atoms with Gasteiger partial charge in [0.2, 0.25) is 0 Å². The Morgan fingerprint density at radius 3 is 1.38 bits per heavy atom. The summed E-state index contributed by atoms with van der Waals surface area (Å²) in [4.78, 5) is 0. The van der Waals surface area contributed by atoms with Crippen LogP contribution in [0.1, 0.15) is 148 Å². The van der Waals surface area contributed by atoms with E-state index in [1.807, 2.05) is 0 Å². The van der Waals surface area contributed by atoms with Crippen LogP contribution in [0.4, 0.5) is 0 Å². The van der Waals surface area contributed by atoms with Crippen molar-refractivity contribution < 1.29 is 4.74 Å². The molecular formula is C31H54O. The van der Waals surface area contributed by atoms with Crippen LogP contribution in [0.2, 0.25) is 0 Å². The van der Waals surface area contributed by atoms with Crippen LogP contribution in [0.25, 0.3) is 0 Å². The Morgan fingerprint density at radius 2 is 1.00 bits per heavy atom. The zero-order chi connectivity index (χ0) is 23.1. The SMILES string of the molecule is C=C(C)C(OCCCCCCCCCCCCCCCCCCCCC)c1ccccc1. The van der Waals surface area contributed by atoms with Crippen molar-refractivity contribution in [3.8, 4) is 0 Å². The standard InChI is InChI=1S/C31H54O/c1-4-5-6-7-8-9-10-11-12-13-14-15-16-17-18-19-20-21-25-28-32-31(29(2)3)30-26-23-22-24-27-30/h22-24,26-27,31H,2,4-21,25,28H2,1,3H3. The highest BCUT2D eigenvalue weighted by molar-refractivity contribution is 5.24. The summed E-state index contributed by atoms with van der Waals surface area (Å²) in [5.41, 5.74) is 2.31. The normalized spacial score (nSPS) is 12.2. The Bertz CT molecular complexity index is 521. The lowest BCUT2D eigenvalue weighted by Gasteiger charge is -2.18. The van der Waals surface area contributed by atoms with Crippen molar-refractivity contribution in [2.24, 2.45) is 0 Å². The minimum Gasteiger partial charge on any atom is -0.369 e. The molecule has 0 radical (unpaired) electrons. The third-order valence-corrected chi connectivity index (χ3v) is 6.58. The summed E-state index contributed by atoms with van der Waals surface area (Å²) in [6.07, 6.45) is 26.9. The van der Waals surface area contributed by atoms with Crippen molar-refractivity contribution in [2.45, 2.75) is 142 Å². The minimum atomic E-state index is 0.0479. The third kappa shape index (κ3) is 16.5. The molecule has 1 aromatic rings. The average molecular weight is 443 g/mol. The van der Waals surface area contributed by atoms with Gasteiger partial charge in [-0.3, -0.25) is 0 Å². The van der Waals surface area contributed by atoms with E-state index >= 15 is 0 Å². The number of benzene rings is 1. The van der Waals surface area contributed by atoms with E-state index in [4.69, 9.17) is 4.74 Å². The van der Waals surface area contributed by atoms with E-state index in [-0.39, 0.29) is 6.10 Å². The molecule has 0 aliphatic heterocycles. The summed E-state index contributed by atoms with van der Waals surface area (Å²) < 4.78 is 6.12. The number of rotatable bonds is 23. The van der Waals surface area contributed by atoms with Gasteiger partial charge in [-0.15, -0.1) is 0 Å². The molecule has 0 aliphatic rings. The maximum Gasteiger partial charge on any atom is 0.103 e. The van der Waals surface area contributed by atoms with Crippen LogP contribution in [0.5, 0.6) is 0 Å². The summed E-state index contributed by atoms with van der Waals surface area (Å²) in [6.45, 7) is 9.31. The predicted octanol–water partition coefficient (Wildman–Crippen LogP) is 10.8. The summed E-state index contributed by atoms with van der Waals surface area (Å²) in [7, 11) is 0. The summed E-state index contributed by atoms with van der Waals surface area (Å²) in [5.74, 6) is 0. The molecule has 0 N–H and O–H groups in total. The fourth-order valence-corrected chi connectivity index (χ4v) is 4.53. The molecule has 0 aliphatic carbocycles. The van der Waals surface area contributed by atoms with Gasteiger partial charge < -0.3 is 4.74 Å². The smallest absolute Gasteiger partial charge is 0.103 e. The Hall–Kier alpha value is -1.08. The van der Waals surface area contributed by atoms with Crippen LogP contribution in [0, 0.1) is 0 Å². The minimum absolute atomic E-state index is 0.0479. The van der Waals surface area contributed by atoms with E-state index in [0.717, 1.165) is 18.6 Å². The molecule has 0 bridgehead atoms. The Labute approximate surface area is 201 Å². The van der Waals surface area contributed by atoms with E-state index in [1.165, 1.54) is 121 Å². The first-order valence-corrected chi connectivity index (χ1v) is 14.1. The Morgan fingerprint density at radius 1 is 0.625 bits per heavy atom. The lowest BCUT2D eigenvalue weighted by Crippen LogP contribution is -2.06. The second-order valence-electron chi connectivity index (χ2n) is 9.87. The van der Waals surface area contributed by atoms with Gasteiger partial charge >= 0.3 is 0 Å². The molecule has 32 heavy (non-hydrogen) atoms. The van der Waals surface area contributed by atoms with E-state index in [9.17, 15) is 0 Å². The molecule has 0 spiro atoms. The van der Waals surface area contributed by atoms with Gasteiger partial charge in [-0.2, -0.15) is 0 Å². The molecule has 0 fully saturated rings. The maximum absolute atomic E-state index is 6.12. The molecule has 0 heterocycles. The van der Waals surface area contributed by atoms with Crippen molar-refractivity contribution in [1.82, 2.24) is 0 Å². The molecule has 0 saturated heterocycles. The quantitative estimate of drug-likeness (QED) is 0.121. The second kappa shape index (κ2) is 21.7. The van der Waals surface area contributed by atoms with Gasteiger partial charge in [0, 0.05) is 6.61 Å². The topological polar surface area (TPSA) is 9.23 Å². The molecule has 184 valence electrons. The van der Waals surface area contributed by atoms with Crippen LogP contribution in [0.15, 0.2) is 42.5 Å². The molecular weight excluding hydrogens is 388 g/mol. The van der Waals surface area contributed by atoms with Gasteiger partial charge in [0.25, 0.3) is 0 Å². The first-order chi connectivity index (χ1) is 15.8. The van der Waals surface area contributed by atoms with Gasteiger partial charge in [0.05, 0.1) is 0 Å². The lowest BCUT2D eigenvalue weighted by atomic mass is 10.0. The van der Waals surface area contributed by atoms with E-state index in [1.54, 1.807) is 0 Å². The van der Waals surface area contributed by atoms with Crippen LogP contribution >= 0.6 is 0 Å². The highest BCUT2D eigenvalue weighted by Gasteiger charge is 2.11. The zero-order valence-electron chi connectivity index (χ0n) is 21.7. The Balaban J connectivity index is 1.80. The lowest BCUT2D eigenvalue weighted by molar-refractivity contribution is 0.0744. The van der Waals surface area contributed by atoms with E-state index in [2.05, 4.69) is 50.8 Å². The van der Waals surface area contributed by atoms with Crippen LogP contribution in [-0.4, -0.2) is 6.61 Å². The first kappa shape index (κ1) is 29.0. The molecule has 1 rings (SSSR count). The van der Waals surface area contributed by atoms with Crippen molar-refractivity contribution in [2.75, 3.05) is 6.61 Å². The number of hydrogen-bond acceptors (Lipinski definition) is 1. The summed E-state index contributed by atoms with van der Waals surface area (Å²) in [6, 6.07) is 10.5. The molecule has 0 amide bonds. The second-order valence-corrected chi connectivity index (χ2v) is 9.87. The predicted molar refractivity (Wildman–Crippen MR) is 143 cm³/mol. The van der Waals surface area contributed by atoms with Gasteiger partial charge in [-0.1, -0.05) is 159 Å². The fourth-order valence-electron chi connectivity index (χ4n) is 4.53. The first-order valence-electron chi connectivity index (χ1n) is 14.1. The monoisotopic (exact) mass is 442 g/mol. The average Bonchev–Trinajstić information content (AvgIpc) is 2.80. The van der Waals surface area contributed by atoms with Crippen molar-refractivity contribution in [1.29, 1.82) is 0 Å². The van der Waals surface area contributed by atoms with Gasteiger partial charge in [0.15, 0.2) is 0 Å². The molecule has 1 heteroatoms. The molecule has 0 saturated carbocycles. The largest absolute Gasteiger partial charge is 0.369 e. The van der Waals surface area contributed by atoms with Crippen molar-refractivity contribution in [3.63, 3.8) is 0 Å². The third-order valence-electron chi connectivity index (χ3n) is 6.58. The van der Waals surface area contributed by atoms with Crippen LogP contribution in [-0.2, 0) is 4.74 Å². The number of hydrogen-bond donors (Lipinski definition) is 0. The molecule has 1 aromatic carbocycles. The highest BCUT2D eigenvalue weighted by Crippen LogP contribution is 2.24. The van der Waals surface area contributed by atoms with Crippen molar-refractivity contribution in [3.05, 3.63) is 48.0 Å². The fraction of sp³-hybridized carbons (Fsp3) is 0.742. The zero-order valence-corrected chi connectivity index (χ0v) is 21.7. The highest BCUT2D eigenvalue weighted by atomic mass is 16.5. The van der Waals surface area contributed by atoms with Gasteiger partial charge in [-0.05, 0) is 24.5 Å². The number of unbranched alkanes of at least 4 members (excludes halogenated alkanes) is 18. The van der Waals surface area contributed by atoms with Crippen molar-refractivity contribution >= 4 is 0 Å². The maximum atomic E-state index is 6.12. The molecule has 0 aromatic heterocycles. The summed E-state index contributed by atoms with van der Waals surface area (Å²) >= 11 is 0. The molecule has 1 unspecified atom stereocenters. The van der Waals surface area contributed by atoms with Crippen LogP contribution < -0.4 is 0 Å². The summed E-state index contributed by atoms with van der Waals surface area (Å²) in [5, 5.41) is 0. The molecule has 1 nitrogen and oxygen atoms in total. The van der Waals surface area contributed by atoms with E-state index in [0.29, 0.717) is 0 Å². The van der Waals surface area contributed by atoms with Gasteiger partial charge in [0.1, 0.15) is 6.10 Å². The number of ether oxygens (including phenoxy) is 1. The Kier molecular flexibility index (Phi) is 19.7. The van der Waals surface area contributed by atoms with Gasteiger partial charge in [-0.25, -0.2) is 0 Å². The van der Waals surface area contributed by atoms with Crippen LogP contribution in [0.3, 0.4) is 0 Å². The van der Waals surface area contributed by atoms with E-state index < -0.39 is 0 Å².